The lowest BCUT2D eigenvalue weighted by Crippen LogP contribution is -2.33. The monoisotopic (exact) mass is 442 g/mol. The normalized spacial score (nSPS) is 14.7. The van der Waals surface area contributed by atoms with Crippen LogP contribution in [-0.2, 0) is 10.0 Å². The molecule has 1 amide bonds. The lowest BCUT2D eigenvalue weighted by molar-refractivity contribution is 0.0938. The Kier molecular flexibility index (Phi) is 6.37. The minimum atomic E-state index is -4.08. The summed E-state index contributed by atoms with van der Waals surface area (Å²) < 4.78 is 33.4. The third-order valence-electron chi connectivity index (χ3n) is 4.60. The van der Waals surface area contributed by atoms with E-state index in [1.807, 2.05) is 0 Å². The minimum absolute atomic E-state index is 0.0679. The lowest BCUT2D eigenvalue weighted by atomic mass is 10.2. The zero-order valence-electron chi connectivity index (χ0n) is 15.2. The van der Waals surface area contributed by atoms with Gasteiger partial charge in [0.15, 0.2) is 0 Å². The highest BCUT2D eigenvalue weighted by Gasteiger charge is 2.25. The van der Waals surface area contributed by atoms with Gasteiger partial charge in [0.05, 0.1) is 28.4 Å². The Morgan fingerprint density at radius 3 is 2.46 bits per heavy atom. The molecule has 0 heterocycles. The van der Waals surface area contributed by atoms with Crippen LogP contribution in [0.5, 0.6) is 5.75 Å². The van der Waals surface area contributed by atoms with E-state index in [9.17, 15) is 13.2 Å². The zero-order valence-corrected chi connectivity index (χ0v) is 17.5. The minimum Gasteiger partial charge on any atom is -0.495 e. The van der Waals surface area contributed by atoms with E-state index >= 15 is 0 Å². The van der Waals surface area contributed by atoms with E-state index in [0.29, 0.717) is 5.75 Å². The number of hydrogen-bond acceptors (Lipinski definition) is 4. The number of ether oxygens (including phenoxy) is 1. The molecule has 0 unspecified atom stereocenters. The third kappa shape index (κ3) is 4.54. The number of anilines is 1. The van der Waals surface area contributed by atoms with E-state index in [1.165, 1.54) is 19.2 Å². The van der Waals surface area contributed by atoms with Crippen LogP contribution in [-0.4, -0.2) is 27.5 Å². The first-order valence-electron chi connectivity index (χ1n) is 8.77. The van der Waals surface area contributed by atoms with Crippen molar-refractivity contribution < 1.29 is 17.9 Å². The number of carbonyl (C=O) groups excluding carboxylic acids is 1. The molecule has 0 aromatic heterocycles. The van der Waals surface area contributed by atoms with Gasteiger partial charge in [-0.3, -0.25) is 9.52 Å². The predicted octanol–water partition coefficient (Wildman–Crippen LogP) is 4.48. The van der Waals surface area contributed by atoms with Gasteiger partial charge in [0.1, 0.15) is 10.6 Å². The van der Waals surface area contributed by atoms with Crippen molar-refractivity contribution in [3.05, 3.63) is 52.0 Å². The maximum absolute atomic E-state index is 12.9. The van der Waals surface area contributed by atoms with Gasteiger partial charge in [-0.15, -0.1) is 0 Å². The molecule has 2 N–H and O–H groups in total. The average molecular weight is 443 g/mol. The summed E-state index contributed by atoms with van der Waals surface area (Å²) in [7, 11) is -2.64. The molecule has 1 aliphatic carbocycles. The van der Waals surface area contributed by atoms with Crippen LogP contribution in [0.2, 0.25) is 10.0 Å². The summed E-state index contributed by atoms with van der Waals surface area (Å²) in [6, 6.07) is 9.12. The Labute approximate surface area is 174 Å². The summed E-state index contributed by atoms with van der Waals surface area (Å²) in [6.07, 6.45) is 3.92. The first-order chi connectivity index (χ1) is 13.3. The molecule has 2 aromatic carbocycles. The van der Waals surface area contributed by atoms with Gasteiger partial charge < -0.3 is 10.1 Å². The standard InChI is InChI=1S/C19H20Cl2N2O4S/c1-27-17-9-5-4-8-16(17)23-28(25,26)18-10-13(14(20)11-15(18)21)19(24)22-12-6-2-3-7-12/h4-5,8-12,23H,2-3,6-7H2,1H3,(H,22,24). The summed E-state index contributed by atoms with van der Waals surface area (Å²) in [5.74, 6) is -0.0577. The molecule has 0 bridgehead atoms. The number of methoxy groups -OCH3 is 1. The molecule has 3 rings (SSSR count). The van der Waals surface area contributed by atoms with Crippen LogP contribution in [0.1, 0.15) is 36.0 Å². The van der Waals surface area contributed by atoms with Gasteiger partial charge in [0, 0.05) is 6.04 Å². The first-order valence-corrected chi connectivity index (χ1v) is 11.0. The predicted molar refractivity (Wildman–Crippen MR) is 110 cm³/mol. The van der Waals surface area contributed by atoms with Crippen molar-refractivity contribution in [2.24, 2.45) is 0 Å². The molecular formula is C19H20Cl2N2O4S. The number of amides is 1. The number of benzene rings is 2. The van der Waals surface area contributed by atoms with Crippen LogP contribution >= 0.6 is 23.2 Å². The second-order valence-electron chi connectivity index (χ2n) is 6.52. The summed E-state index contributed by atoms with van der Waals surface area (Å²) in [5, 5.41) is 2.92. The molecule has 6 nitrogen and oxygen atoms in total. The van der Waals surface area contributed by atoms with Gasteiger partial charge >= 0.3 is 0 Å². The second kappa shape index (κ2) is 8.59. The number of rotatable bonds is 6. The molecule has 150 valence electrons. The van der Waals surface area contributed by atoms with Crippen molar-refractivity contribution in [1.29, 1.82) is 0 Å². The van der Waals surface area contributed by atoms with Crippen molar-refractivity contribution >= 4 is 44.8 Å². The van der Waals surface area contributed by atoms with E-state index in [0.717, 1.165) is 25.7 Å². The molecule has 0 atom stereocenters. The molecule has 1 saturated carbocycles. The molecule has 1 aliphatic rings. The fraction of sp³-hybridized carbons (Fsp3) is 0.316. The van der Waals surface area contributed by atoms with Gasteiger partial charge in [0.25, 0.3) is 15.9 Å². The van der Waals surface area contributed by atoms with Gasteiger partial charge in [0.2, 0.25) is 0 Å². The molecule has 2 aromatic rings. The van der Waals surface area contributed by atoms with Crippen LogP contribution in [0, 0.1) is 0 Å². The first kappa shape index (κ1) is 20.8. The molecule has 0 radical (unpaired) electrons. The van der Waals surface area contributed by atoms with Crippen molar-refractivity contribution in [2.75, 3.05) is 11.8 Å². The Hall–Kier alpha value is -1.96. The Bertz CT molecular complexity index is 989. The van der Waals surface area contributed by atoms with Gasteiger partial charge in [-0.25, -0.2) is 8.42 Å². The summed E-state index contributed by atoms with van der Waals surface area (Å²) in [5.41, 5.74) is 0.325. The van der Waals surface area contributed by atoms with Crippen molar-refractivity contribution in [1.82, 2.24) is 5.32 Å². The summed E-state index contributed by atoms with van der Waals surface area (Å²) in [4.78, 5) is 12.4. The van der Waals surface area contributed by atoms with Gasteiger partial charge in [-0.1, -0.05) is 48.2 Å². The summed E-state index contributed by atoms with van der Waals surface area (Å²) in [6.45, 7) is 0. The number of sulfonamides is 1. The second-order valence-corrected chi connectivity index (χ2v) is 8.99. The van der Waals surface area contributed by atoms with Crippen molar-refractivity contribution in [3.63, 3.8) is 0 Å². The molecule has 0 saturated heterocycles. The average Bonchev–Trinajstić information content (AvgIpc) is 3.14. The molecule has 1 fully saturated rings. The highest BCUT2D eigenvalue weighted by molar-refractivity contribution is 7.92. The smallest absolute Gasteiger partial charge is 0.263 e. The quantitative estimate of drug-likeness (QED) is 0.690. The molecule has 9 heteroatoms. The number of nitrogens with one attached hydrogen (secondary N) is 2. The maximum Gasteiger partial charge on any atom is 0.263 e. The number of carbonyl (C=O) groups is 1. The van der Waals surface area contributed by atoms with E-state index in [2.05, 4.69) is 10.0 Å². The van der Waals surface area contributed by atoms with Crippen LogP contribution in [0.4, 0.5) is 5.69 Å². The van der Waals surface area contributed by atoms with E-state index < -0.39 is 15.9 Å². The Morgan fingerprint density at radius 2 is 1.79 bits per heavy atom. The highest BCUT2D eigenvalue weighted by atomic mass is 35.5. The summed E-state index contributed by atoms with van der Waals surface area (Å²) >= 11 is 12.3. The van der Waals surface area contributed by atoms with Crippen molar-refractivity contribution in [2.45, 2.75) is 36.6 Å². The Morgan fingerprint density at radius 1 is 1.11 bits per heavy atom. The number of para-hydroxylation sites is 2. The SMILES string of the molecule is COc1ccccc1NS(=O)(=O)c1cc(C(=O)NC2CCCC2)c(Cl)cc1Cl. The Balaban J connectivity index is 1.93. The van der Waals surface area contributed by atoms with E-state index in [-0.39, 0.29) is 32.2 Å². The topological polar surface area (TPSA) is 84.5 Å². The van der Waals surface area contributed by atoms with Crippen LogP contribution in [0.25, 0.3) is 0 Å². The third-order valence-corrected chi connectivity index (χ3v) is 6.74. The van der Waals surface area contributed by atoms with Gasteiger partial charge in [-0.2, -0.15) is 0 Å². The highest BCUT2D eigenvalue weighted by Crippen LogP contribution is 2.32. The van der Waals surface area contributed by atoms with Crippen LogP contribution in [0.15, 0.2) is 41.3 Å². The van der Waals surface area contributed by atoms with E-state index in [1.54, 1.807) is 24.3 Å². The van der Waals surface area contributed by atoms with Crippen LogP contribution in [0.3, 0.4) is 0 Å². The zero-order chi connectivity index (χ0) is 20.3. The molecule has 0 aliphatic heterocycles. The number of hydrogen-bond donors (Lipinski definition) is 2. The molecule has 0 spiro atoms. The van der Waals surface area contributed by atoms with Crippen LogP contribution < -0.4 is 14.8 Å². The largest absolute Gasteiger partial charge is 0.495 e. The lowest BCUT2D eigenvalue weighted by Gasteiger charge is -2.16. The molecule has 28 heavy (non-hydrogen) atoms. The maximum atomic E-state index is 12.9. The fourth-order valence-electron chi connectivity index (χ4n) is 3.17. The fourth-order valence-corrected chi connectivity index (χ4v) is 5.10. The van der Waals surface area contributed by atoms with Gasteiger partial charge in [-0.05, 0) is 37.1 Å². The number of halogens is 2. The molecular weight excluding hydrogens is 423 g/mol. The van der Waals surface area contributed by atoms with E-state index in [4.69, 9.17) is 27.9 Å². The van der Waals surface area contributed by atoms with Crippen molar-refractivity contribution in [3.8, 4) is 5.75 Å².